The fourth-order valence-corrected chi connectivity index (χ4v) is 1.71. The summed E-state index contributed by atoms with van der Waals surface area (Å²) in [5, 5.41) is 3.41. The lowest BCUT2D eigenvalue weighted by Crippen LogP contribution is -2.29. The van der Waals surface area contributed by atoms with Crippen molar-refractivity contribution in [3.63, 3.8) is 0 Å². The first-order valence-electron chi connectivity index (χ1n) is 5.35. The van der Waals surface area contributed by atoms with E-state index in [1.807, 2.05) is 0 Å². The van der Waals surface area contributed by atoms with Crippen LogP contribution in [0, 0.1) is 0 Å². The number of rotatable bonds is 5. The van der Waals surface area contributed by atoms with E-state index in [0.717, 1.165) is 13.2 Å². The van der Waals surface area contributed by atoms with Crippen molar-refractivity contribution in [2.24, 2.45) is 0 Å². The van der Waals surface area contributed by atoms with E-state index in [0.29, 0.717) is 0 Å². The molecule has 1 heterocycles. The minimum absolute atomic E-state index is 0.909. The Morgan fingerprint density at radius 1 is 1.23 bits per heavy atom. The number of ether oxygens (including phenoxy) is 1. The maximum absolute atomic E-state index is 5.03. The van der Waals surface area contributed by atoms with E-state index in [9.17, 15) is 0 Å². The summed E-state index contributed by atoms with van der Waals surface area (Å²) in [7, 11) is 1.77. The highest BCUT2D eigenvalue weighted by molar-refractivity contribution is 4.65. The normalized spacial score (nSPS) is 20.1. The molecule has 3 nitrogen and oxygen atoms in total. The van der Waals surface area contributed by atoms with E-state index in [-0.39, 0.29) is 0 Å². The van der Waals surface area contributed by atoms with Gasteiger partial charge in [-0.25, -0.2) is 0 Å². The predicted molar refractivity (Wildman–Crippen MR) is 55.0 cm³/mol. The van der Waals surface area contributed by atoms with E-state index in [2.05, 4.69) is 10.2 Å². The molecule has 0 saturated carbocycles. The number of nitrogens with one attached hydrogen (secondary N) is 1. The smallest absolute Gasteiger partial charge is 0.0462 e. The van der Waals surface area contributed by atoms with Gasteiger partial charge in [-0.05, 0) is 38.9 Å². The van der Waals surface area contributed by atoms with Crippen molar-refractivity contribution in [2.45, 2.75) is 19.3 Å². The average Bonchev–Trinajstić information content (AvgIpc) is 2.41. The number of nitrogens with zero attached hydrogens (tertiary/aromatic N) is 1. The summed E-state index contributed by atoms with van der Waals surface area (Å²) in [6.07, 6.45) is 3.76. The third-order valence-electron chi connectivity index (χ3n) is 2.51. The number of hydrogen-bond acceptors (Lipinski definition) is 3. The molecule has 0 aliphatic carbocycles. The number of methoxy groups -OCH3 is 1. The Balaban J connectivity index is 1.98. The van der Waals surface area contributed by atoms with Crippen LogP contribution in [0.25, 0.3) is 0 Å². The van der Waals surface area contributed by atoms with Gasteiger partial charge in [-0.3, -0.25) is 0 Å². The first-order valence-corrected chi connectivity index (χ1v) is 5.35. The molecule has 0 amide bonds. The standard InChI is InChI=1S/C10H22N2O/c1-13-10-3-2-7-12-8-4-5-11-6-9-12/h11H,2-10H2,1H3. The fraction of sp³-hybridized carbons (Fsp3) is 1.00. The Kier molecular flexibility index (Phi) is 6.15. The van der Waals surface area contributed by atoms with Crippen molar-refractivity contribution in [3.05, 3.63) is 0 Å². The van der Waals surface area contributed by atoms with Gasteiger partial charge < -0.3 is 15.0 Å². The van der Waals surface area contributed by atoms with Gasteiger partial charge >= 0.3 is 0 Å². The highest BCUT2D eigenvalue weighted by atomic mass is 16.5. The summed E-state index contributed by atoms with van der Waals surface area (Å²) in [6, 6.07) is 0. The second-order valence-electron chi connectivity index (χ2n) is 3.65. The second kappa shape index (κ2) is 7.30. The van der Waals surface area contributed by atoms with E-state index in [4.69, 9.17) is 4.74 Å². The van der Waals surface area contributed by atoms with Crippen LogP contribution in [0.3, 0.4) is 0 Å². The van der Waals surface area contributed by atoms with Gasteiger partial charge in [0, 0.05) is 26.8 Å². The lowest BCUT2D eigenvalue weighted by Gasteiger charge is -2.18. The molecule has 1 rings (SSSR count). The lowest BCUT2D eigenvalue weighted by atomic mass is 10.3. The first-order chi connectivity index (χ1) is 6.43. The van der Waals surface area contributed by atoms with Gasteiger partial charge in [-0.2, -0.15) is 0 Å². The number of unbranched alkanes of at least 4 members (excludes halogenated alkanes) is 1. The third-order valence-corrected chi connectivity index (χ3v) is 2.51. The molecule has 0 aromatic carbocycles. The van der Waals surface area contributed by atoms with Crippen molar-refractivity contribution in [3.8, 4) is 0 Å². The molecular formula is C10H22N2O. The second-order valence-corrected chi connectivity index (χ2v) is 3.65. The van der Waals surface area contributed by atoms with Crippen LogP contribution in [0.2, 0.25) is 0 Å². The average molecular weight is 186 g/mol. The molecule has 78 valence electrons. The Hall–Kier alpha value is -0.120. The van der Waals surface area contributed by atoms with E-state index in [1.54, 1.807) is 7.11 Å². The summed E-state index contributed by atoms with van der Waals surface area (Å²) in [4.78, 5) is 2.55. The van der Waals surface area contributed by atoms with Gasteiger partial charge in [-0.1, -0.05) is 0 Å². The topological polar surface area (TPSA) is 24.5 Å². The highest BCUT2D eigenvalue weighted by Gasteiger charge is 2.06. The molecule has 1 fully saturated rings. The van der Waals surface area contributed by atoms with Crippen LogP contribution in [0.4, 0.5) is 0 Å². The van der Waals surface area contributed by atoms with Gasteiger partial charge in [0.15, 0.2) is 0 Å². The molecule has 0 unspecified atom stereocenters. The molecule has 0 radical (unpaired) electrons. The summed E-state index contributed by atoms with van der Waals surface area (Å²) in [5.41, 5.74) is 0. The van der Waals surface area contributed by atoms with Crippen molar-refractivity contribution >= 4 is 0 Å². The minimum atomic E-state index is 0.909. The van der Waals surface area contributed by atoms with Crippen LogP contribution in [0.5, 0.6) is 0 Å². The highest BCUT2D eigenvalue weighted by Crippen LogP contribution is 1.99. The zero-order chi connectivity index (χ0) is 9.36. The van der Waals surface area contributed by atoms with E-state index < -0.39 is 0 Å². The predicted octanol–water partition coefficient (Wildman–Crippen LogP) is 0.708. The molecule has 0 aromatic rings. The Bertz CT molecular complexity index is 111. The van der Waals surface area contributed by atoms with Crippen molar-refractivity contribution in [1.82, 2.24) is 10.2 Å². The van der Waals surface area contributed by atoms with Gasteiger partial charge in [0.25, 0.3) is 0 Å². The third kappa shape index (κ3) is 5.24. The van der Waals surface area contributed by atoms with Gasteiger partial charge in [0.05, 0.1) is 0 Å². The Labute approximate surface area is 81.4 Å². The minimum Gasteiger partial charge on any atom is -0.385 e. The first kappa shape index (κ1) is 11.0. The monoisotopic (exact) mass is 186 g/mol. The summed E-state index contributed by atoms with van der Waals surface area (Å²) >= 11 is 0. The zero-order valence-corrected chi connectivity index (χ0v) is 8.72. The zero-order valence-electron chi connectivity index (χ0n) is 8.72. The maximum atomic E-state index is 5.03. The molecule has 0 spiro atoms. The molecule has 1 aliphatic heterocycles. The summed E-state index contributed by atoms with van der Waals surface area (Å²) in [6.45, 7) is 6.98. The quantitative estimate of drug-likeness (QED) is 0.640. The van der Waals surface area contributed by atoms with Crippen LogP contribution < -0.4 is 5.32 Å². The Morgan fingerprint density at radius 2 is 2.15 bits per heavy atom. The van der Waals surface area contributed by atoms with Crippen LogP contribution in [0.1, 0.15) is 19.3 Å². The fourth-order valence-electron chi connectivity index (χ4n) is 1.71. The molecular weight excluding hydrogens is 164 g/mol. The van der Waals surface area contributed by atoms with Crippen molar-refractivity contribution in [1.29, 1.82) is 0 Å². The van der Waals surface area contributed by atoms with Crippen LogP contribution in [-0.2, 0) is 4.74 Å². The van der Waals surface area contributed by atoms with Gasteiger partial charge in [0.1, 0.15) is 0 Å². The van der Waals surface area contributed by atoms with Crippen LogP contribution in [0.15, 0.2) is 0 Å². The van der Waals surface area contributed by atoms with Crippen LogP contribution in [-0.4, -0.2) is 51.3 Å². The maximum Gasteiger partial charge on any atom is 0.0462 e. The molecule has 1 saturated heterocycles. The molecule has 13 heavy (non-hydrogen) atoms. The Morgan fingerprint density at radius 3 is 3.00 bits per heavy atom. The molecule has 0 atom stereocenters. The van der Waals surface area contributed by atoms with E-state index in [1.165, 1.54) is 45.4 Å². The molecule has 3 heteroatoms. The van der Waals surface area contributed by atoms with Crippen molar-refractivity contribution in [2.75, 3.05) is 46.4 Å². The summed E-state index contributed by atoms with van der Waals surface area (Å²) < 4.78 is 5.03. The SMILES string of the molecule is COCCCCN1CCCNCC1. The molecule has 0 bridgehead atoms. The van der Waals surface area contributed by atoms with Gasteiger partial charge in [0.2, 0.25) is 0 Å². The molecule has 1 aliphatic rings. The largest absolute Gasteiger partial charge is 0.385 e. The summed E-state index contributed by atoms with van der Waals surface area (Å²) in [5.74, 6) is 0. The van der Waals surface area contributed by atoms with E-state index >= 15 is 0 Å². The number of hydrogen-bond donors (Lipinski definition) is 1. The van der Waals surface area contributed by atoms with Crippen LogP contribution >= 0.6 is 0 Å². The molecule has 0 aromatic heterocycles. The van der Waals surface area contributed by atoms with Gasteiger partial charge in [-0.15, -0.1) is 0 Å². The lowest BCUT2D eigenvalue weighted by molar-refractivity contribution is 0.185. The van der Waals surface area contributed by atoms with Crippen molar-refractivity contribution < 1.29 is 4.74 Å². The molecule has 1 N–H and O–H groups in total.